The number of ether oxygens (including phenoxy) is 3. The molecule has 0 amide bonds. The second-order valence-electron chi connectivity index (χ2n) is 10.1. The molecule has 0 spiro atoms. The summed E-state index contributed by atoms with van der Waals surface area (Å²) in [7, 11) is 3.36. The zero-order valence-electron chi connectivity index (χ0n) is 22.3. The standard InChI is InChI=1S/C29H44O5/c1-19(10-9-11-21(3)26-18-27(31)29(5,6)34-26)14-24(30)15-20(2)12-13-23-17-25(32-7)16-22(4)28(23)33-8/h11-12,14,16-17,24,26-27,30-31H,9-10,13,15,18H2,1-8H3/b19-14+,20-12+,21-11+/t24-,26+,27+/m0/s1. The maximum absolute atomic E-state index is 10.6. The van der Waals surface area contributed by atoms with Gasteiger partial charge in [0, 0.05) is 12.0 Å². The highest BCUT2D eigenvalue weighted by molar-refractivity contribution is 5.47. The molecule has 1 aliphatic rings. The van der Waals surface area contributed by atoms with E-state index in [9.17, 15) is 10.2 Å². The van der Waals surface area contributed by atoms with Crippen LogP contribution in [0.5, 0.6) is 11.5 Å². The van der Waals surface area contributed by atoms with Crippen molar-refractivity contribution in [3.8, 4) is 11.5 Å². The van der Waals surface area contributed by atoms with E-state index in [0.717, 1.165) is 47.5 Å². The highest BCUT2D eigenvalue weighted by Gasteiger charge is 2.40. The lowest BCUT2D eigenvalue weighted by molar-refractivity contribution is -0.0472. The van der Waals surface area contributed by atoms with Gasteiger partial charge in [0.05, 0.1) is 38.1 Å². The first-order chi connectivity index (χ1) is 16.0. The Morgan fingerprint density at radius 1 is 1.15 bits per heavy atom. The molecule has 1 saturated heterocycles. The zero-order valence-corrected chi connectivity index (χ0v) is 22.3. The summed E-state index contributed by atoms with van der Waals surface area (Å²) in [6.07, 6.45) is 9.08. The molecule has 1 heterocycles. The molecule has 1 aliphatic heterocycles. The van der Waals surface area contributed by atoms with Gasteiger partial charge in [-0.15, -0.1) is 0 Å². The Balaban J connectivity index is 1.88. The third kappa shape index (κ3) is 8.00. The molecule has 1 aromatic carbocycles. The molecule has 1 aromatic rings. The summed E-state index contributed by atoms with van der Waals surface area (Å²) < 4.78 is 17.0. The Morgan fingerprint density at radius 2 is 1.85 bits per heavy atom. The molecule has 0 bridgehead atoms. The first-order valence-electron chi connectivity index (χ1n) is 12.2. The van der Waals surface area contributed by atoms with Gasteiger partial charge in [0.15, 0.2) is 0 Å². The van der Waals surface area contributed by atoms with Gasteiger partial charge in [0.25, 0.3) is 0 Å². The number of methoxy groups -OCH3 is 2. The lowest BCUT2D eigenvalue weighted by Gasteiger charge is -2.22. The molecular weight excluding hydrogens is 428 g/mol. The number of hydrogen-bond donors (Lipinski definition) is 2. The number of rotatable bonds is 11. The van der Waals surface area contributed by atoms with Crippen molar-refractivity contribution in [1.82, 2.24) is 0 Å². The molecule has 0 aromatic heterocycles. The molecule has 0 unspecified atom stereocenters. The topological polar surface area (TPSA) is 68.2 Å². The van der Waals surface area contributed by atoms with Gasteiger partial charge in [0.1, 0.15) is 11.5 Å². The smallest absolute Gasteiger partial charge is 0.125 e. The van der Waals surface area contributed by atoms with Gasteiger partial charge in [-0.05, 0) is 90.5 Å². The fourth-order valence-corrected chi connectivity index (χ4v) is 4.46. The fourth-order valence-electron chi connectivity index (χ4n) is 4.46. The average Bonchev–Trinajstić information content (AvgIpc) is 3.04. The van der Waals surface area contributed by atoms with Gasteiger partial charge < -0.3 is 24.4 Å². The number of aliphatic hydroxyl groups is 2. The van der Waals surface area contributed by atoms with E-state index in [2.05, 4.69) is 32.9 Å². The molecule has 2 rings (SSSR count). The van der Waals surface area contributed by atoms with Crippen LogP contribution in [0.25, 0.3) is 0 Å². The summed E-state index contributed by atoms with van der Waals surface area (Å²) in [5.74, 6) is 1.70. The van der Waals surface area contributed by atoms with Crippen LogP contribution in [0.4, 0.5) is 0 Å². The minimum Gasteiger partial charge on any atom is -0.497 e. The van der Waals surface area contributed by atoms with Gasteiger partial charge in [-0.25, -0.2) is 0 Å². The van der Waals surface area contributed by atoms with Crippen LogP contribution in [0, 0.1) is 6.92 Å². The largest absolute Gasteiger partial charge is 0.497 e. The summed E-state index contributed by atoms with van der Waals surface area (Å²) in [6, 6.07) is 3.97. The monoisotopic (exact) mass is 472 g/mol. The van der Waals surface area contributed by atoms with E-state index in [1.54, 1.807) is 14.2 Å². The van der Waals surface area contributed by atoms with Crippen LogP contribution in [-0.2, 0) is 11.2 Å². The minimum atomic E-state index is -0.510. The fraction of sp³-hybridized carbons (Fsp3) is 0.586. The van der Waals surface area contributed by atoms with Crippen LogP contribution in [0.3, 0.4) is 0 Å². The summed E-state index contributed by atoms with van der Waals surface area (Å²) in [5.41, 5.74) is 5.10. The number of benzene rings is 1. The van der Waals surface area contributed by atoms with Gasteiger partial charge in [-0.3, -0.25) is 0 Å². The van der Waals surface area contributed by atoms with Crippen LogP contribution in [0.1, 0.15) is 71.4 Å². The van der Waals surface area contributed by atoms with Gasteiger partial charge >= 0.3 is 0 Å². The van der Waals surface area contributed by atoms with Crippen LogP contribution in [-0.4, -0.2) is 48.3 Å². The van der Waals surface area contributed by atoms with E-state index >= 15 is 0 Å². The van der Waals surface area contributed by atoms with Crippen molar-refractivity contribution in [3.05, 3.63) is 58.2 Å². The first kappa shape index (κ1) is 28.2. The summed E-state index contributed by atoms with van der Waals surface area (Å²) in [6.45, 7) is 12.1. The van der Waals surface area contributed by atoms with Gasteiger partial charge in [-0.1, -0.05) is 29.4 Å². The Kier molecular flexibility index (Phi) is 10.4. The van der Waals surface area contributed by atoms with Crippen molar-refractivity contribution in [1.29, 1.82) is 0 Å². The van der Waals surface area contributed by atoms with Crippen molar-refractivity contribution >= 4 is 0 Å². The Bertz CT molecular complexity index is 909. The predicted octanol–water partition coefficient (Wildman–Crippen LogP) is 5.85. The molecule has 34 heavy (non-hydrogen) atoms. The summed E-state index contributed by atoms with van der Waals surface area (Å²) >= 11 is 0. The lowest BCUT2D eigenvalue weighted by atomic mass is 9.98. The second-order valence-corrected chi connectivity index (χ2v) is 10.1. The number of aryl methyl sites for hydroxylation is 1. The molecule has 0 saturated carbocycles. The van der Waals surface area contributed by atoms with E-state index in [4.69, 9.17) is 14.2 Å². The molecule has 5 nitrogen and oxygen atoms in total. The van der Waals surface area contributed by atoms with Crippen molar-refractivity contribution in [2.24, 2.45) is 0 Å². The third-order valence-corrected chi connectivity index (χ3v) is 6.64. The second kappa shape index (κ2) is 12.6. The third-order valence-electron chi connectivity index (χ3n) is 6.64. The number of allylic oxidation sites excluding steroid dienone is 3. The maximum atomic E-state index is 10.6. The Hall–Kier alpha value is -2.08. The number of hydrogen-bond acceptors (Lipinski definition) is 5. The molecule has 2 N–H and O–H groups in total. The molecule has 1 fully saturated rings. The quantitative estimate of drug-likeness (QED) is 0.395. The lowest BCUT2D eigenvalue weighted by Crippen LogP contribution is -2.31. The molecule has 5 heteroatoms. The molecule has 0 radical (unpaired) electrons. The Morgan fingerprint density at radius 3 is 2.44 bits per heavy atom. The van der Waals surface area contributed by atoms with Crippen molar-refractivity contribution in [2.75, 3.05) is 14.2 Å². The van der Waals surface area contributed by atoms with E-state index in [1.807, 2.05) is 39.0 Å². The summed E-state index contributed by atoms with van der Waals surface area (Å²) in [5, 5.41) is 20.7. The summed E-state index contributed by atoms with van der Waals surface area (Å²) in [4.78, 5) is 0. The van der Waals surface area contributed by atoms with Crippen LogP contribution in [0.2, 0.25) is 0 Å². The highest BCUT2D eigenvalue weighted by atomic mass is 16.5. The van der Waals surface area contributed by atoms with E-state index < -0.39 is 17.8 Å². The zero-order chi connectivity index (χ0) is 25.5. The van der Waals surface area contributed by atoms with E-state index in [0.29, 0.717) is 12.8 Å². The van der Waals surface area contributed by atoms with Crippen LogP contribution < -0.4 is 9.47 Å². The first-order valence-corrected chi connectivity index (χ1v) is 12.2. The van der Waals surface area contributed by atoms with Gasteiger partial charge in [-0.2, -0.15) is 0 Å². The normalized spacial score (nSPS) is 22.1. The number of aliphatic hydroxyl groups excluding tert-OH is 2. The molecule has 190 valence electrons. The molecule has 3 atom stereocenters. The van der Waals surface area contributed by atoms with E-state index in [-0.39, 0.29) is 6.10 Å². The van der Waals surface area contributed by atoms with Gasteiger partial charge in [0.2, 0.25) is 0 Å². The van der Waals surface area contributed by atoms with Crippen molar-refractivity contribution < 1.29 is 24.4 Å². The highest BCUT2D eigenvalue weighted by Crippen LogP contribution is 2.33. The molecular formula is C29H44O5. The van der Waals surface area contributed by atoms with Crippen LogP contribution in [0.15, 0.2) is 47.1 Å². The van der Waals surface area contributed by atoms with Crippen LogP contribution >= 0.6 is 0 Å². The molecule has 0 aliphatic carbocycles. The Labute approximate surface area is 206 Å². The van der Waals surface area contributed by atoms with Crippen molar-refractivity contribution in [2.45, 2.75) is 97.6 Å². The predicted molar refractivity (Wildman–Crippen MR) is 139 cm³/mol. The maximum Gasteiger partial charge on any atom is 0.125 e. The SMILES string of the molecule is COc1cc(C)c(OC)c(C/C=C(\C)C[C@@H](O)/C=C(\C)CC/C=C(\C)[C@H]2C[C@@H](O)C(C)(C)O2)c1. The van der Waals surface area contributed by atoms with E-state index in [1.165, 1.54) is 11.1 Å². The van der Waals surface area contributed by atoms with Crippen molar-refractivity contribution in [3.63, 3.8) is 0 Å². The minimum absolute atomic E-state index is 0.0142. The average molecular weight is 473 g/mol.